The largest absolute Gasteiger partial charge is 0.270 e. The molecular formula is C27H22N2O2S2. The lowest BCUT2D eigenvalue weighted by molar-refractivity contribution is 0.584. The van der Waals surface area contributed by atoms with Crippen LogP contribution in [0, 0.1) is 0 Å². The summed E-state index contributed by atoms with van der Waals surface area (Å²) in [4.78, 5) is 4.97. The topological polar surface area (TPSA) is 52.0 Å². The van der Waals surface area contributed by atoms with E-state index in [1.165, 1.54) is 15.7 Å². The number of fused-ring (bicyclic) bond motifs is 2. The average Bonchev–Trinajstić information content (AvgIpc) is 3.23. The lowest BCUT2D eigenvalue weighted by atomic mass is 10.1. The molecule has 0 radical (unpaired) electrons. The Morgan fingerprint density at radius 2 is 1.58 bits per heavy atom. The van der Waals surface area contributed by atoms with Crippen LogP contribution in [0.15, 0.2) is 120 Å². The Kier molecular flexibility index (Phi) is 5.79. The predicted molar refractivity (Wildman–Crippen MR) is 136 cm³/mol. The SMILES string of the molecule is C=CCC(Sc1nc2ccccc2n1S(=O)(=O)c1ccc2ccccc2c1)c1ccccc1. The summed E-state index contributed by atoms with van der Waals surface area (Å²) in [7, 11) is -3.88. The smallest absolute Gasteiger partial charge is 0.222 e. The Balaban J connectivity index is 1.67. The monoisotopic (exact) mass is 470 g/mol. The second-order valence-corrected chi connectivity index (χ2v) is 10.7. The van der Waals surface area contributed by atoms with Crippen LogP contribution in [0.4, 0.5) is 0 Å². The number of nitrogens with zero attached hydrogens (tertiary/aromatic N) is 2. The molecule has 0 spiro atoms. The molecule has 0 aliphatic heterocycles. The van der Waals surface area contributed by atoms with E-state index in [9.17, 15) is 8.42 Å². The third-order valence-electron chi connectivity index (χ3n) is 5.55. The quantitative estimate of drug-likeness (QED) is 0.193. The summed E-state index contributed by atoms with van der Waals surface area (Å²) in [6, 6.07) is 30.4. The third-order valence-corrected chi connectivity index (χ3v) is 8.60. The number of aromatic nitrogens is 2. The van der Waals surface area contributed by atoms with Crippen molar-refractivity contribution < 1.29 is 8.42 Å². The fourth-order valence-electron chi connectivity index (χ4n) is 3.92. The summed E-state index contributed by atoms with van der Waals surface area (Å²) in [6.45, 7) is 3.90. The van der Waals surface area contributed by atoms with Gasteiger partial charge in [0.15, 0.2) is 5.16 Å². The number of allylic oxidation sites excluding steroid dienone is 1. The van der Waals surface area contributed by atoms with Crippen molar-refractivity contribution >= 4 is 43.6 Å². The Labute approximate surface area is 197 Å². The molecule has 0 N–H and O–H groups in total. The first-order chi connectivity index (χ1) is 16.1. The van der Waals surface area contributed by atoms with Gasteiger partial charge in [-0.3, -0.25) is 0 Å². The molecule has 6 heteroatoms. The molecular weight excluding hydrogens is 448 g/mol. The third kappa shape index (κ3) is 4.08. The molecule has 1 atom stereocenters. The molecule has 1 aromatic heterocycles. The van der Waals surface area contributed by atoms with Crippen LogP contribution in [0.3, 0.4) is 0 Å². The lowest BCUT2D eigenvalue weighted by Crippen LogP contribution is -2.14. The fraction of sp³-hybridized carbons (Fsp3) is 0.0741. The molecule has 0 saturated heterocycles. The summed E-state index contributed by atoms with van der Waals surface area (Å²) in [6.07, 6.45) is 2.55. The first kappa shape index (κ1) is 21.5. The summed E-state index contributed by atoms with van der Waals surface area (Å²) >= 11 is 1.45. The summed E-state index contributed by atoms with van der Waals surface area (Å²) in [5.41, 5.74) is 2.32. The van der Waals surface area contributed by atoms with Crippen LogP contribution < -0.4 is 0 Å². The standard InChI is InChI=1S/C27H22N2O2S2/c1-2-10-26(21-12-4-3-5-13-21)32-27-28-24-15-8-9-16-25(24)29(27)33(30,31)23-18-17-20-11-6-7-14-22(20)19-23/h2-9,11-19,26H,1,10H2. The molecule has 5 rings (SSSR count). The van der Waals surface area contributed by atoms with Crippen LogP contribution in [0.1, 0.15) is 17.2 Å². The zero-order chi connectivity index (χ0) is 22.8. The summed E-state index contributed by atoms with van der Waals surface area (Å²) < 4.78 is 29.3. The highest BCUT2D eigenvalue weighted by Gasteiger charge is 2.27. The van der Waals surface area contributed by atoms with E-state index in [1.54, 1.807) is 18.2 Å². The zero-order valence-corrected chi connectivity index (χ0v) is 19.5. The van der Waals surface area contributed by atoms with Crippen molar-refractivity contribution in [2.75, 3.05) is 0 Å². The predicted octanol–water partition coefficient (Wildman–Crippen LogP) is 6.84. The average molecular weight is 471 g/mol. The number of benzene rings is 4. The van der Waals surface area contributed by atoms with Gasteiger partial charge < -0.3 is 0 Å². The summed E-state index contributed by atoms with van der Waals surface area (Å²) in [5.74, 6) is 0. The van der Waals surface area contributed by atoms with Crippen LogP contribution >= 0.6 is 11.8 Å². The van der Waals surface area contributed by atoms with Gasteiger partial charge in [0.25, 0.3) is 10.0 Å². The van der Waals surface area contributed by atoms with E-state index in [0.29, 0.717) is 22.6 Å². The van der Waals surface area contributed by atoms with Crippen molar-refractivity contribution in [1.82, 2.24) is 8.96 Å². The Bertz CT molecular complexity index is 1560. The minimum atomic E-state index is -3.88. The van der Waals surface area contributed by atoms with Crippen molar-refractivity contribution in [1.29, 1.82) is 0 Å². The molecule has 0 saturated carbocycles. The van der Waals surface area contributed by atoms with Crippen LogP contribution in [0.2, 0.25) is 0 Å². The van der Waals surface area contributed by atoms with Gasteiger partial charge >= 0.3 is 0 Å². The number of rotatable bonds is 7. The maximum atomic E-state index is 13.9. The van der Waals surface area contributed by atoms with E-state index in [4.69, 9.17) is 4.98 Å². The molecule has 4 nitrogen and oxygen atoms in total. The number of hydrogen-bond acceptors (Lipinski definition) is 4. The van der Waals surface area contributed by atoms with E-state index in [0.717, 1.165) is 16.3 Å². The van der Waals surface area contributed by atoms with Gasteiger partial charge in [-0.25, -0.2) is 17.4 Å². The van der Waals surface area contributed by atoms with Crippen molar-refractivity contribution in [3.63, 3.8) is 0 Å². The minimum absolute atomic E-state index is 0.00827. The highest BCUT2D eigenvalue weighted by atomic mass is 32.2. The van der Waals surface area contributed by atoms with Crippen molar-refractivity contribution in [2.45, 2.75) is 21.7 Å². The van der Waals surface area contributed by atoms with E-state index in [-0.39, 0.29) is 10.1 Å². The molecule has 1 unspecified atom stereocenters. The highest BCUT2D eigenvalue weighted by Crippen LogP contribution is 2.40. The van der Waals surface area contributed by atoms with Crippen molar-refractivity contribution in [2.24, 2.45) is 0 Å². The van der Waals surface area contributed by atoms with Gasteiger partial charge in [-0.2, -0.15) is 0 Å². The van der Waals surface area contributed by atoms with Gasteiger partial charge in [0.1, 0.15) is 0 Å². The van der Waals surface area contributed by atoms with E-state index in [2.05, 4.69) is 6.58 Å². The molecule has 0 aliphatic rings. The number of thioether (sulfide) groups is 1. The molecule has 33 heavy (non-hydrogen) atoms. The molecule has 1 heterocycles. The first-order valence-electron chi connectivity index (χ1n) is 10.6. The second kappa shape index (κ2) is 8.89. The minimum Gasteiger partial charge on any atom is -0.222 e. The van der Waals surface area contributed by atoms with Crippen molar-refractivity contribution in [3.05, 3.63) is 115 Å². The Morgan fingerprint density at radius 1 is 0.879 bits per heavy atom. The zero-order valence-electron chi connectivity index (χ0n) is 17.8. The van der Waals surface area contributed by atoms with E-state index in [1.807, 2.05) is 84.9 Å². The van der Waals surface area contributed by atoms with Gasteiger partial charge in [0, 0.05) is 5.25 Å². The van der Waals surface area contributed by atoms with Crippen LogP contribution in [0.25, 0.3) is 21.8 Å². The number of hydrogen-bond donors (Lipinski definition) is 0. The first-order valence-corrected chi connectivity index (χ1v) is 12.9. The number of para-hydroxylation sites is 2. The molecule has 0 aliphatic carbocycles. The van der Waals surface area contributed by atoms with Gasteiger partial charge in [-0.15, -0.1) is 6.58 Å². The highest BCUT2D eigenvalue weighted by molar-refractivity contribution is 8.00. The van der Waals surface area contributed by atoms with Crippen LogP contribution in [-0.4, -0.2) is 17.4 Å². The molecule has 4 aromatic carbocycles. The lowest BCUT2D eigenvalue weighted by Gasteiger charge is -2.16. The van der Waals surface area contributed by atoms with Crippen LogP contribution in [0.5, 0.6) is 0 Å². The van der Waals surface area contributed by atoms with Crippen molar-refractivity contribution in [3.8, 4) is 0 Å². The van der Waals surface area contributed by atoms with Gasteiger partial charge in [0.2, 0.25) is 0 Å². The maximum Gasteiger partial charge on any atom is 0.270 e. The second-order valence-electron chi connectivity index (χ2n) is 7.70. The maximum absolute atomic E-state index is 13.9. The van der Waals surface area contributed by atoms with E-state index < -0.39 is 10.0 Å². The molecule has 0 fully saturated rings. The van der Waals surface area contributed by atoms with Crippen LogP contribution in [-0.2, 0) is 10.0 Å². The molecule has 164 valence electrons. The van der Waals surface area contributed by atoms with E-state index >= 15 is 0 Å². The number of imidazole rings is 1. The fourth-order valence-corrected chi connectivity index (χ4v) is 6.86. The Morgan fingerprint density at radius 3 is 2.36 bits per heavy atom. The van der Waals surface area contributed by atoms with Gasteiger partial charge in [0.05, 0.1) is 15.9 Å². The van der Waals surface area contributed by atoms with Gasteiger partial charge in [-0.05, 0) is 47.0 Å². The Hall–Kier alpha value is -3.35. The normalized spacial score (nSPS) is 12.7. The summed E-state index contributed by atoms with van der Waals surface area (Å²) in [5, 5.41) is 2.31. The van der Waals surface area contributed by atoms with Gasteiger partial charge in [-0.1, -0.05) is 90.6 Å². The molecule has 5 aromatic rings. The molecule has 0 amide bonds. The molecule has 0 bridgehead atoms.